The molecule has 0 N–H and O–H groups in total. The summed E-state index contributed by atoms with van der Waals surface area (Å²) in [5, 5.41) is 8.66. The molecule has 0 saturated carbocycles. The standard InChI is InChI=1S/C19H34N6O/c1-6-15(2)23(5)18(26)17-21-20-16-7-8-19(25(16)17)9-11-24(12-10-19)14-13-22(3)4/h15H,6-14H2,1-5H3. The molecule has 7 nitrogen and oxygen atoms in total. The van der Waals surface area contributed by atoms with E-state index >= 15 is 0 Å². The molecule has 26 heavy (non-hydrogen) atoms. The summed E-state index contributed by atoms with van der Waals surface area (Å²) < 4.78 is 2.21. The van der Waals surface area contributed by atoms with Crippen LogP contribution in [0.4, 0.5) is 0 Å². The molecular weight excluding hydrogens is 328 g/mol. The van der Waals surface area contributed by atoms with Crippen LogP contribution in [0.2, 0.25) is 0 Å². The third-order valence-corrected chi connectivity index (χ3v) is 6.43. The summed E-state index contributed by atoms with van der Waals surface area (Å²) in [5.74, 6) is 1.55. The van der Waals surface area contributed by atoms with Crippen molar-refractivity contribution in [2.24, 2.45) is 0 Å². The van der Waals surface area contributed by atoms with E-state index in [0.717, 1.165) is 64.1 Å². The molecule has 1 amide bonds. The van der Waals surface area contributed by atoms with Gasteiger partial charge in [-0.3, -0.25) is 4.79 Å². The number of likely N-dealkylation sites (tertiary alicyclic amines) is 1. The van der Waals surface area contributed by atoms with Gasteiger partial charge in [-0.05, 0) is 46.7 Å². The van der Waals surface area contributed by atoms with Gasteiger partial charge in [0.15, 0.2) is 0 Å². The first-order valence-electron chi connectivity index (χ1n) is 9.97. The van der Waals surface area contributed by atoms with E-state index in [2.05, 4.69) is 52.5 Å². The van der Waals surface area contributed by atoms with Gasteiger partial charge in [0, 0.05) is 45.7 Å². The van der Waals surface area contributed by atoms with Crippen LogP contribution in [-0.2, 0) is 12.0 Å². The minimum Gasteiger partial charge on any atom is -0.336 e. The number of likely N-dealkylation sites (N-methyl/N-ethyl adjacent to an activating group) is 1. The van der Waals surface area contributed by atoms with Gasteiger partial charge in [0.2, 0.25) is 5.82 Å². The third kappa shape index (κ3) is 3.51. The van der Waals surface area contributed by atoms with Crippen molar-refractivity contribution in [3.8, 4) is 0 Å². The minimum absolute atomic E-state index is 0.00872. The van der Waals surface area contributed by atoms with Crippen LogP contribution in [0, 0.1) is 0 Å². The van der Waals surface area contributed by atoms with E-state index in [0.29, 0.717) is 5.82 Å². The second-order valence-corrected chi connectivity index (χ2v) is 8.32. The van der Waals surface area contributed by atoms with Crippen LogP contribution >= 0.6 is 0 Å². The van der Waals surface area contributed by atoms with Gasteiger partial charge in [0.25, 0.3) is 5.91 Å². The molecular formula is C19H34N6O. The molecule has 7 heteroatoms. The average molecular weight is 363 g/mol. The van der Waals surface area contributed by atoms with E-state index < -0.39 is 0 Å². The smallest absolute Gasteiger partial charge is 0.291 e. The van der Waals surface area contributed by atoms with Gasteiger partial charge < -0.3 is 19.3 Å². The van der Waals surface area contributed by atoms with E-state index in [1.807, 2.05) is 11.9 Å². The summed E-state index contributed by atoms with van der Waals surface area (Å²) in [6.07, 6.45) is 5.13. The molecule has 1 saturated heterocycles. The first-order valence-corrected chi connectivity index (χ1v) is 9.97. The van der Waals surface area contributed by atoms with Crippen molar-refractivity contribution in [1.29, 1.82) is 0 Å². The highest BCUT2D eigenvalue weighted by molar-refractivity contribution is 5.91. The molecule has 146 valence electrons. The maximum Gasteiger partial charge on any atom is 0.291 e. The van der Waals surface area contributed by atoms with Gasteiger partial charge in [-0.25, -0.2) is 0 Å². The Balaban J connectivity index is 1.76. The van der Waals surface area contributed by atoms with Crippen molar-refractivity contribution >= 4 is 5.91 Å². The molecule has 1 atom stereocenters. The lowest BCUT2D eigenvalue weighted by Gasteiger charge is -2.41. The number of carbonyl (C=O) groups is 1. The third-order valence-electron chi connectivity index (χ3n) is 6.43. The molecule has 3 heterocycles. The number of hydrogen-bond donors (Lipinski definition) is 0. The van der Waals surface area contributed by atoms with Gasteiger partial charge in [-0.2, -0.15) is 0 Å². The van der Waals surface area contributed by atoms with Crippen molar-refractivity contribution < 1.29 is 4.79 Å². The maximum absolute atomic E-state index is 13.0. The van der Waals surface area contributed by atoms with Crippen molar-refractivity contribution in [2.75, 3.05) is 47.3 Å². The lowest BCUT2D eigenvalue weighted by Crippen LogP contribution is -2.47. The fourth-order valence-corrected chi connectivity index (χ4v) is 4.21. The topological polar surface area (TPSA) is 57.5 Å². The number of amides is 1. The maximum atomic E-state index is 13.0. The number of aromatic nitrogens is 3. The van der Waals surface area contributed by atoms with Gasteiger partial charge in [0.05, 0.1) is 5.54 Å². The van der Waals surface area contributed by atoms with Gasteiger partial charge in [-0.1, -0.05) is 6.92 Å². The molecule has 2 aliphatic heterocycles. The number of nitrogens with zero attached hydrogens (tertiary/aromatic N) is 6. The summed E-state index contributed by atoms with van der Waals surface area (Å²) in [5.41, 5.74) is 0.0364. The Morgan fingerprint density at radius 3 is 2.50 bits per heavy atom. The predicted molar refractivity (Wildman–Crippen MR) is 102 cm³/mol. The molecule has 1 aromatic rings. The zero-order valence-corrected chi connectivity index (χ0v) is 17.0. The largest absolute Gasteiger partial charge is 0.336 e. The second-order valence-electron chi connectivity index (χ2n) is 8.32. The Bertz CT molecular complexity index is 632. The number of hydrogen-bond acceptors (Lipinski definition) is 5. The normalized spacial score (nSPS) is 20.5. The highest BCUT2D eigenvalue weighted by Gasteiger charge is 2.45. The molecule has 0 aliphatic carbocycles. The molecule has 2 aliphatic rings. The van der Waals surface area contributed by atoms with E-state index in [1.165, 1.54) is 0 Å². The van der Waals surface area contributed by atoms with E-state index in [4.69, 9.17) is 0 Å². The highest BCUT2D eigenvalue weighted by atomic mass is 16.2. The van der Waals surface area contributed by atoms with Crippen LogP contribution < -0.4 is 0 Å². The number of fused-ring (bicyclic) bond motifs is 2. The van der Waals surface area contributed by atoms with E-state index in [1.54, 1.807) is 0 Å². The summed E-state index contributed by atoms with van der Waals surface area (Å²) in [7, 11) is 6.12. The van der Waals surface area contributed by atoms with Crippen LogP contribution in [0.1, 0.15) is 56.0 Å². The van der Waals surface area contributed by atoms with E-state index in [-0.39, 0.29) is 17.5 Å². The quantitative estimate of drug-likeness (QED) is 0.767. The number of carbonyl (C=O) groups excluding carboxylic acids is 1. The predicted octanol–water partition coefficient (Wildman–Crippen LogP) is 1.45. The van der Waals surface area contributed by atoms with Crippen molar-refractivity contribution in [3.05, 3.63) is 11.6 Å². The molecule has 0 aromatic carbocycles. The van der Waals surface area contributed by atoms with Gasteiger partial charge in [-0.15, -0.1) is 10.2 Å². The Labute approximate surface area is 157 Å². The van der Waals surface area contributed by atoms with Crippen LogP contribution in [0.5, 0.6) is 0 Å². The first kappa shape index (κ1) is 19.3. The summed E-state index contributed by atoms with van der Waals surface area (Å²) in [6, 6.07) is 0.209. The van der Waals surface area contributed by atoms with Gasteiger partial charge in [0.1, 0.15) is 5.82 Å². The summed E-state index contributed by atoms with van der Waals surface area (Å²) in [6.45, 7) is 8.56. The minimum atomic E-state index is 0.00872. The Hall–Kier alpha value is -1.47. The molecule has 1 unspecified atom stereocenters. The second kappa shape index (κ2) is 7.64. The SMILES string of the molecule is CCC(C)N(C)C(=O)c1nnc2n1C1(CC2)CCN(CCN(C)C)CC1. The number of piperidine rings is 1. The zero-order chi connectivity index (χ0) is 18.9. The lowest BCUT2D eigenvalue weighted by molar-refractivity contribution is 0.0685. The van der Waals surface area contributed by atoms with Crippen LogP contribution in [0.25, 0.3) is 0 Å². The molecule has 1 spiro atoms. The Morgan fingerprint density at radius 1 is 1.19 bits per heavy atom. The van der Waals surface area contributed by atoms with Crippen molar-refractivity contribution in [2.45, 2.75) is 57.5 Å². The number of aryl methyl sites for hydroxylation is 1. The fraction of sp³-hybridized carbons (Fsp3) is 0.842. The molecule has 0 bridgehead atoms. The van der Waals surface area contributed by atoms with Crippen molar-refractivity contribution in [3.63, 3.8) is 0 Å². The lowest BCUT2D eigenvalue weighted by atomic mass is 9.85. The van der Waals surface area contributed by atoms with Gasteiger partial charge >= 0.3 is 0 Å². The van der Waals surface area contributed by atoms with Crippen LogP contribution in [0.15, 0.2) is 0 Å². The molecule has 0 radical (unpaired) electrons. The average Bonchev–Trinajstić information content (AvgIpc) is 3.21. The number of rotatable bonds is 6. The molecule has 1 aromatic heterocycles. The van der Waals surface area contributed by atoms with E-state index in [9.17, 15) is 4.79 Å². The van der Waals surface area contributed by atoms with Crippen molar-refractivity contribution in [1.82, 2.24) is 29.5 Å². The Kier molecular flexibility index (Phi) is 5.67. The summed E-state index contributed by atoms with van der Waals surface area (Å²) in [4.78, 5) is 19.6. The molecule has 3 rings (SSSR count). The fourth-order valence-electron chi connectivity index (χ4n) is 4.21. The summed E-state index contributed by atoms with van der Waals surface area (Å²) >= 11 is 0. The molecule has 1 fully saturated rings. The van der Waals surface area contributed by atoms with Crippen LogP contribution in [0.3, 0.4) is 0 Å². The monoisotopic (exact) mass is 362 g/mol. The highest BCUT2D eigenvalue weighted by Crippen LogP contribution is 2.41. The zero-order valence-electron chi connectivity index (χ0n) is 17.0. The van der Waals surface area contributed by atoms with Crippen LogP contribution in [-0.4, -0.2) is 88.7 Å². The first-order chi connectivity index (χ1) is 12.4. The Morgan fingerprint density at radius 2 is 1.88 bits per heavy atom.